The van der Waals surface area contributed by atoms with Gasteiger partial charge in [0.15, 0.2) is 5.78 Å². The highest BCUT2D eigenvalue weighted by Crippen LogP contribution is 2.29. The van der Waals surface area contributed by atoms with E-state index >= 15 is 0 Å². The molecule has 1 atom stereocenters. The molecule has 0 bridgehead atoms. The second kappa shape index (κ2) is 3.88. The van der Waals surface area contributed by atoms with Crippen LogP contribution in [0.5, 0.6) is 0 Å². The van der Waals surface area contributed by atoms with Crippen molar-refractivity contribution in [2.75, 3.05) is 0 Å². The second-order valence-corrected chi connectivity index (χ2v) is 5.01. The van der Waals surface area contributed by atoms with Gasteiger partial charge in [-0.05, 0) is 47.8 Å². The molecule has 0 aromatic rings. The van der Waals surface area contributed by atoms with Crippen LogP contribution in [0, 0.1) is 0 Å². The maximum absolute atomic E-state index is 11.3. The van der Waals surface area contributed by atoms with E-state index in [-0.39, 0.29) is 10.6 Å². The van der Waals surface area contributed by atoms with Crippen molar-refractivity contribution >= 4 is 37.6 Å². The standard InChI is InChI=1S/C9H10Br2O/c1-5(2)6-3-7(10)9(12)8(11)4-6/h3,8H,4H2,1-2H3. The van der Waals surface area contributed by atoms with Crippen molar-refractivity contribution in [2.45, 2.75) is 25.1 Å². The molecule has 0 aromatic heterocycles. The first-order valence-corrected chi connectivity index (χ1v) is 5.45. The van der Waals surface area contributed by atoms with Gasteiger partial charge in [-0.3, -0.25) is 4.79 Å². The van der Waals surface area contributed by atoms with Gasteiger partial charge < -0.3 is 0 Å². The van der Waals surface area contributed by atoms with Gasteiger partial charge in [0.25, 0.3) is 0 Å². The Morgan fingerprint density at radius 3 is 2.58 bits per heavy atom. The second-order valence-electron chi connectivity index (χ2n) is 3.05. The summed E-state index contributed by atoms with van der Waals surface area (Å²) < 4.78 is 0.673. The predicted octanol–water partition coefficient (Wildman–Crippen LogP) is 3.34. The van der Waals surface area contributed by atoms with E-state index in [9.17, 15) is 4.79 Å². The van der Waals surface area contributed by atoms with Crippen LogP contribution in [0.4, 0.5) is 0 Å². The Morgan fingerprint density at radius 2 is 2.17 bits per heavy atom. The third-order valence-electron chi connectivity index (χ3n) is 1.86. The quantitative estimate of drug-likeness (QED) is 0.626. The smallest absolute Gasteiger partial charge is 0.183 e. The molecule has 12 heavy (non-hydrogen) atoms. The lowest BCUT2D eigenvalue weighted by molar-refractivity contribution is -0.114. The summed E-state index contributed by atoms with van der Waals surface area (Å²) in [6.07, 6.45) is 2.71. The van der Waals surface area contributed by atoms with Crippen molar-refractivity contribution in [1.82, 2.24) is 0 Å². The molecule has 0 spiro atoms. The summed E-state index contributed by atoms with van der Waals surface area (Å²) in [4.78, 5) is 11.3. The van der Waals surface area contributed by atoms with Gasteiger partial charge in [0.1, 0.15) is 0 Å². The van der Waals surface area contributed by atoms with Crippen LogP contribution in [-0.4, -0.2) is 10.6 Å². The van der Waals surface area contributed by atoms with E-state index < -0.39 is 0 Å². The van der Waals surface area contributed by atoms with Crippen LogP contribution in [0.15, 0.2) is 21.7 Å². The normalized spacial score (nSPS) is 24.0. The van der Waals surface area contributed by atoms with Crippen LogP contribution < -0.4 is 0 Å². The van der Waals surface area contributed by atoms with E-state index in [2.05, 4.69) is 45.7 Å². The van der Waals surface area contributed by atoms with Crippen LogP contribution in [-0.2, 0) is 4.79 Å². The van der Waals surface area contributed by atoms with Gasteiger partial charge in [0, 0.05) is 0 Å². The summed E-state index contributed by atoms with van der Waals surface area (Å²) in [5.74, 6) is 0.139. The lowest BCUT2D eigenvalue weighted by Crippen LogP contribution is -2.18. The number of hydrogen-bond donors (Lipinski definition) is 0. The summed E-state index contributed by atoms with van der Waals surface area (Å²) in [5, 5.41) is 0. The van der Waals surface area contributed by atoms with E-state index in [4.69, 9.17) is 0 Å². The highest BCUT2D eigenvalue weighted by atomic mass is 79.9. The van der Waals surface area contributed by atoms with Crippen molar-refractivity contribution in [3.63, 3.8) is 0 Å². The van der Waals surface area contributed by atoms with Crippen LogP contribution in [0.3, 0.4) is 0 Å². The van der Waals surface area contributed by atoms with E-state index in [0.29, 0.717) is 4.48 Å². The third kappa shape index (κ3) is 2.07. The Kier molecular flexibility index (Phi) is 3.29. The zero-order valence-corrected chi connectivity index (χ0v) is 10.2. The van der Waals surface area contributed by atoms with Crippen molar-refractivity contribution in [3.8, 4) is 0 Å². The molecule has 0 fully saturated rings. The van der Waals surface area contributed by atoms with E-state index in [1.807, 2.05) is 6.08 Å². The summed E-state index contributed by atoms with van der Waals surface area (Å²) in [6, 6.07) is 0. The predicted molar refractivity (Wildman–Crippen MR) is 57.7 cm³/mol. The van der Waals surface area contributed by atoms with Crippen molar-refractivity contribution in [3.05, 3.63) is 21.7 Å². The molecule has 0 radical (unpaired) electrons. The fourth-order valence-corrected chi connectivity index (χ4v) is 2.52. The van der Waals surface area contributed by atoms with Gasteiger partial charge >= 0.3 is 0 Å². The first-order valence-electron chi connectivity index (χ1n) is 3.74. The topological polar surface area (TPSA) is 17.1 Å². The first kappa shape index (κ1) is 10.2. The third-order valence-corrected chi connectivity index (χ3v) is 3.22. The lowest BCUT2D eigenvalue weighted by Gasteiger charge is -2.16. The Hall–Kier alpha value is 0.110. The maximum Gasteiger partial charge on any atom is 0.183 e. The molecular weight excluding hydrogens is 284 g/mol. The molecule has 1 aliphatic rings. The molecular formula is C9H10Br2O. The molecule has 0 N–H and O–H groups in total. The largest absolute Gasteiger partial charge is 0.292 e. The van der Waals surface area contributed by atoms with Gasteiger partial charge in [-0.25, -0.2) is 0 Å². The molecule has 3 heteroatoms. The Balaban J connectivity index is 3.04. The van der Waals surface area contributed by atoms with Crippen LogP contribution in [0.25, 0.3) is 0 Å². The molecule has 66 valence electrons. The van der Waals surface area contributed by atoms with Crippen LogP contribution >= 0.6 is 31.9 Å². The number of Topliss-reactive ketones (excluding diaryl/α,β-unsaturated/α-hetero) is 1. The average molecular weight is 294 g/mol. The zero-order chi connectivity index (χ0) is 9.30. The summed E-state index contributed by atoms with van der Waals surface area (Å²) >= 11 is 6.60. The van der Waals surface area contributed by atoms with E-state index in [1.54, 1.807) is 0 Å². The number of carbonyl (C=O) groups excluding carboxylic acids is 1. The summed E-state index contributed by atoms with van der Waals surface area (Å²) in [6.45, 7) is 4.11. The zero-order valence-electron chi connectivity index (χ0n) is 7.03. The molecule has 0 amide bonds. The molecule has 0 aliphatic heterocycles. The molecule has 1 rings (SSSR count). The van der Waals surface area contributed by atoms with Crippen LogP contribution in [0.1, 0.15) is 20.3 Å². The molecule has 1 aliphatic carbocycles. The number of hydrogen-bond acceptors (Lipinski definition) is 1. The number of alkyl halides is 1. The average Bonchev–Trinajstić information content (AvgIpc) is 1.99. The van der Waals surface area contributed by atoms with E-state index in [0.717, 1.165) is 6.42 Å². The molecule has 0 saturated heterocycles. The molecule has 1 nitrogen and oxygen atoms in total. The highest BCUT2D eigenvalue weighted by Gasteiger charge is 2.23. The molecule has 1 unspecified atom stereocenters. The minimum atomic E-state index is -0.0539. The summed E-state index contributed by atoms with van der Waals surface area (Å²) in [7, 11) is 0. The van der Waals surface area contributed by atoms with Gasteiger partial charge in [-0.2, -0.15) is 0 Å². The number of halogens is 2. The Labute approximate surface area is 89.2 Å². The van der Waals surface area contributed by atoms with E-state index in [1.165, 1.54) is 11.1 Å². The fourth-order valence-electron chi connectivity index (χ4n) is 1.07. The molecule has 0 aromatic carbocycles. The number of rotatable bonds is 0. The Morgan fingerprint density at radius 1 is 1.58 bits per heavy atom. The van der Waals surface area contributed by atoms with Gasteiger partial charge in [-0.1, -0.05) is 21.5 Å². The Bertz CT molecular complexity index is 272. The molecule has 0 heterocycles. The number of carbonyl (C=O) groups is 1. The minimum Gasteiger partial charge on any atom is -0.292 e. The van der Waals surface area contributed by atoms with Gasteiger partial charge in [-0.15, -0.1) is 0 Å². The summed E-state index contributed by atoms with van der Waals surface area (Å²) in [5.41, 5.74) is 2.51. The minimum absolute atomic E-state index is 0.0539. The molecule has 0 saturated carbocycles. The van der Waals surface area contributed by atoms with Crippen molar-refractivity contribution in [2.24, 2.45) is 0 Å². The van der Waals surface area contributed by atoms with Crippen molar-refractivity contribution < 1.29 is 4.79 Å². The van der Waals surface area contributed by atoms with Crippen LogP contribution in [0.2, 0.25) is 0 Å². The maximum atomic E-state index is 11.3. The van der Waals surface area contributed by atoms with Gasteiger partial charge in [0.05, 0.1) is 9.31 Å². The van der Waals surface area contributed by atoms with Gasteiger partial charge in [0.2, 0.25) is 0 Å². The highest BCUT2D eigenvalue weighted by molar-refractivity contribution is 9.12. The lowest BCUT2D eigenvalue weighted by atomic mass is 9.97. The van der Waals surface area contributed by atoms with Crippen molar-refractivity contribution in [1.29, 1.82) is 0 Å². The SMILES string of the molecule is CC(C)=C1C=C(Br)C(=O)C(Br)C1. The number of allylic oxidation sites excluding steroid dienone is 4. The first-order chi connectivity index (χ1) is 5.52. The monoisotopic (exact) mass is 292 g/mol. The number of ketones is 1. The fraction of sp³-hybridized carbons (Fsp3) is 0.444.